The Morgan fingerprint density at radius 1 is 1.37 bits per heavy atom. The van der Waals surface area contributed by atoms with E-state index >= 15 is 0 Å². The van der Waals surface area contributed by atoms with Gasteiger partial charge in [-0.1, -0.05) is 17.7 Å². The van der Waals surface area contributed by atoms with Crippen molar-refractivity contribution in [2.45, 2.75) is 25.8 Å². The fraction of sp³-hybridized carbons (Fsp3) is 0.600. The van der Waals surface area contributed by atoms with Crippen LogP contribution in [0.5, 0.6) is 0 Å². The van der Waals surface area contributed by atoms with Crippen LogP contribution >= 0.6 is 11.6 Å². The summed E-state index contributed by atoms with van der Waals surface area (Å²) < 4.78 is 0. The van der Waals surface area contributed by atoms with Crippen molar-refractivity contribution in [3.63, 3.8) is 0 Å². The fourth-order valence-corrected chi connectivity index (χ4v) is 3.15. The third kappa shape index (κ3) is 3.62. The van der Waals surface area contributed by atoms with Gasteiger partial charge in [0.15, 0.2) is 0 Å². The van der Waals surface area contributed by atoms with Crippen molar-refractivity contribution in [3.05, 3.63) is 28.8 Å². The topological polar surface area (TPSA) is 32.5 Å². The van der Waals surface area contributed by atoms with Crippen LogP contribution < -0.4 is 10.6 Å². The fourth-order valence-electron chi connectivity index (χ4n) is 2.84. The Kier molecular flexibility index (Phi) is 5.08. The number of nitrogens with zero attached hydrogens (tertiary/aromatic N) is 2. The van der Waals surface area contributed by atoms with Gasteiger partial charge in [-0.2, -0.15) is 0 Å². The molecule has 1 aliphatic rings. The molecular formula is C15H24ClN3. The zero-order valence-corrected chi connectivity index (χ0v) is 12.7. The first-order valence-electron chi connectivity index (χ1n) is 7.05. The molecule has 1 aromatic rings. The van der Waals surface area contributed by atoms with Crippen LogP contribution in [0.1, 0.15) is 18.9 Å². The molecule has 106 valence electrons. The highest BCUT2D eigenvalue weighted by atomic mass is 35.5. The zero-order chi connectivity index (χ0) is 13.8. The van der Waals surface area contributed by atoms with E-state index in [2.05, 4.69) is 42.0 Å². The van der Waals surface area contributed by atoms with Crippen LogP contribution in [0.3, 0.4) is 0 Å². The first-order valence-corrected chi connectivity index (χ1v) is 7.43. The molecular weight excluding hydrogens is 258 g/mol. The Hall–Kier alpha value is -0.770. The standard InChI is InChI=1S/C15H24ClN3/c1-12-11-18(2)8-3-9-19(12)15-5-4-13(6-7-17)10-14(15)16/h4-5,10,12H,3,6-9,11,17H2,1-2H3. The number of rotatable bonds is 3. The van der Waals surface area contributed by atoms with Crippen LogP contribution in [-0.4, -0.2) is 44.2 Å². The van der Waals surface area contributed by atoms with Crippen LogP contribution in [0.15, 0.2) is 18.2 Å². The molecule has 0 bridgehead atoms. The lowest BCUT2D eigenvalue weighted by Gasteiger charge is -2.31. The SMILES string of the molecule is CC1CN(C)CCCN1c1ccc(CCN)cc1Cl. The molecule has 3 nitrogen and oxygen atoms in total. The lowest BCUT2D eigenvalue weighted by Crippen LogP contribution is -2.38. The lowest BCUT2D eigenvalue weighted by atomic mass is 10.1. The number of nitrogens with two attached hydrogens (primary N) is 1. The molecule has 0 aliphatic carbocycles. The van der Waals surface area contributed by atoms with E-state index < -0.39 is 0 Å². The number of likely N-dealkylation sites (N-methyl/N-ethyl adjacent to an activating group) is 1. The minimum absolute atomic E-state index is 0.491. The van der Waals surface area contributed by atoms with Crippen molar-refractivity contribution in [1.82, 2.24) is 4.90 Å². The highest BCUT2D eigenvalue weighted by Crippen LogP contribution is 2.29. The molecule has 2 N–H and O–H groups in total. The first-order chi connectivity index (χ1) is 9.11. The van der Waals surface area contributed by atoms with Gasteiger partial charge in [0, 0.05) is 19.1 Å². The largest absolute Gasteiger partial charge is 0.366 e. The van der Waals surface area contributed by atoms with E-state index in [1.807, 2.05) is 0 Å². The first kappa shape index (κ1) is 14.6. The number of anilines is 1. The Balaban J connectivity index is 2.20. The summed E-state index contributed by atoms with van der Waals surface area (Å²) in [6.45, 7) is 6.25. The van der Waals surface area contributed by atoms with Gasteiger partial charge in [-0.15, -0.1) is 0 Å². The Morgan fingerprint density at radius 3 is 2.84 bits per heavy atom. The average Bonchev–Trinajstić information content (AvgIpc) is 2.51. The summed E-state index contributed by atoms with van der Waals surface area (Å²) >= 11 is 6.46. The second-order valence-corrected chi connectivity index (χ2v) is 5.89. The second-order valence-electron chi connectivity index (χ2n) is 5.48. The van der Waals surface area contributed by atoms with Gasteiger partial charge in [-0.25, -0.2) is 0 Å². The van der Waals surface area contributed by atoms with Gasteiger partial charge >= 0.3 is 0 Å². The quantitative estimate of drug-likeness (QED) is 0.923. The predicted molar refractivity (Wildman–Crippen MR) is 83.1 cm³/mol. The predicted octanol–water partition coefficient (Wildman–Crippen LogP) is 2.37. The normalized spacial score (nSPS) is 21.5. The van der Waals surface area contributed by atoms with Crippen LogP contribution in [0.4, 0.5) is 5.69 Å². The molecule has 1 unspecified atom stereocenters. The zero-order valence-electron chi connectivity index (χ0n) is 11.9. The molecule has 0 spiro atoms. The molecule has 4 heteroatoms. The maximum absolute atomic E-state index is 6.46. The highest BCUT2D eigenvalue weighted by Gasteiger charge is 2.21. The van der Waals surface area contributed by atoms with Crippen molar-refractivity contribution < 1.29 is 0 Å². The molecule has 1 aromatic carbocycles. The summed E-state index contributed by atoms with van der Waals surface area (Å²) in [4.78, 5) is 4.82. The minimum Gasteiger partial charge on any atom is -0.366 e. The van der Waals surface area contributed by atoms with Crippen molar-refractivity contribution in [3.8, 4) is 0 Å². The summed E-state index contributed by atoms with van der Waals surface area (Å²) in [6, 6.07) is 6.85. The molecule has 1 heterocycles. The van der Waals surface area contributed by atoms with Crippen molar-refractivity contribution in [1.29, 1.82) is 0 Å². The average molecular weight is 282 g/mol. The molecule has 2 rings (SSSR count). The molecule has 0 amide bonds. The summed E-state index contributed by atoms with van der Waals surface area (Å²) in [7, 11) is 2.19. The molecule has 19 heavy (non-hydrogen) atoms. The van der Waals surface area contributed by atoms with Crippen LogP contribution in [0, 0.1) is 0 Å². The van der Waals surface area contributed by atoms with Crippen LogP contribution in [-0.2, 0) is 6.42 Å². The van der Waals surface area contributed by atoms with Gasteiger partial charge in [-0.05, 0) is 57.6 Å². The third-order valence-corrected chi connectivity index (χ3v) is 4.10. The smallest absolute Gasteiger partial charge is 0.0642 e. The van der Waals surface area contributed by atoms with E-state index in [9.17, 15) is 0 Å². The van der Waals surface area contributed by atoms with Gasteiger partial charge in [0.2, 0.25) is 0 Å². The second kappa shape index (κ2) is 6.60. The van der Waals surface area contributed by atoms with Gasteiger partial charge in [0.05, 0.1) is 10.7 Å². The summed E-state index contributed by atoms with van der Waals surface area (Å²) in [5.74, 6) is 0. The molecule has 1 fully saturated rings. The van der Waals surface area contributed by atoms with Crippen molar-refractivity contribution in [2.75, 3.05) is 38.1 Å². The van der Waals surface area contributed by atoms with E-state index in [1.165, 1.54) is 12.0 Å². The van der Waals surface area contributed by atoms with Gasteiger partial charge in [0.1, 0.15) is 0 Å². The lowest BCUT2D eigenvalue weighted by molar-refractivity contribution is 0.337. The summed E-state index contributed by atoms with van der Waals surface area (Å²) in [6.07, 6.45) is 2.07. The summed E-state index contributed by atoms with van der Waals surface area (Å²) in [5.41, 5.74) is 7.97. The molecule has 0 saturated carbocycles. The van der Waals surface area contributed by atoms with Gasteiger partial charge in [-0.3, -0.25) is 0 Å². The van der Waals surface area contributed by atoms with Crippen LogP contribution in [0.2, 0.25) is 5.02 Å². The highest BCUT2D eigenvalue weighted by molar-refractivity contribution is 6.33. The monoisotopic (exact) mass is 281 g/mol. The maximum atomic E-state index is 6.46. The molecule has 1 aliphatic heterocycles. The maximum Gasteiger partial charge on any atom is 0.0642 e. The molecule has 1 saturated heterocycles. The molecule has 1 atom stereocenters. The molecule has 0 radical (unpaired) electrons. The van der Waals surface area contributed by atoms with Gasteiger partial charge in [0.25, 0.3) is 0 Å². The van der Waals surface area contributed by atoms with Crippen molar-refractivity contribution >= 4 is 17.3 Å². The number of hydrogen-bond donors (Lipinski definition) is 1. The number of benzene rings is 1. The Labute approximate surface area is 121 Å². The van der Waals surface area contributed by atoms with E-state index in [-0.39, 0.29) is 0 Å². The summed E-state index contributed by atoms with van der Waals surface area (Å²) in [5, 5.41) is 0.849. The molecule has 0 aromatic heterocycles. The van der Waals surface area contributed by atoms with E-state index in [0.717, 1.165) is 36.8 Å². The van der Waals surface area contributed by atoms with E-state index in [0.29, 0.717) is 12.6 Å². The van der Waals surface area contributed by atoms with Crippen LogP contribution in [0.25, 0.3) is 0 Å². The van der Waals surface area contributed by atoms with Gasteiger partial charge < -0.3 is 15.5 Å². The number of halogens is 1. The van der Waals surface area contributed by atoms with E-state index in [4.69, 9.17) is 17.3 Å². The van der Waals surface area contributed by atoms with E-state index in [1.54, 1.807) is 0 Å². The number of hydrogen-bond acceptors (Lipinski definition) is 3. The van der Waals surface area contributed by atoms with Crippen molar-refractivity contribution in [2.24, 2.45) is 5.73 Å². The Morgan fingerprint density at radius 2 is 2.16 bits per heavy atom. The minimum atomic E-state index is 0.491. The Bertz CT molecular complexity index is 422. The third-order valence-electron chi connectivity index (χ3n) is 3.80.